The van der Waals surface area contributed by atoms with Crippen molar-refractivity contribution in [2.75, 3.05) is 6.54 Å². The monoisotopic (exact) mass is 406 g/mol. The second-order valence-electron chi connectivity index (χ2n) is 6.41. The van der Waals surface area contributed by atoms with E-state index in [1.165, 1.54) is 12.1 Å². The van der Waals surface area contributed by atoms with E-state index in [2.05, 4.69) is 5.32 Å². The minimum Gasteiger partial charge on any atom is -0.352 e. The van der Waals surface area contributed by atoms with Crippen molar-refractivity contribution >= 4 is 34.8 Å². The standard InChI is InChI=1S/C23H19ClN2O3/c24-20-11-9-17(10-12-20)13-14-25-23(27)22(19-6-2-1-3-7-19)16-18-5-4-8-21(15-18)26(28)29/h1-12,15-16H,13-14H2,(H,25,27)/b22-16+. The van der Waals surface area contributed by atoms with Crippen LogP contribution >= 0.6 is 11.6 Å². The third-order valence-electron chi connectivity index (χ3n) is 4.33. The van der Waals surface area contributed by atoms with E-state index in [-0.39, 0.29) is 11.6 Å². The Morgan fingerprint density at radius 2 is 1.72 bits per heavy atom. The molecule has 6 heteroatoms. The second-order valence-corrected chi connectivity index (χ2v) is 6.84. The molecule has 0 aliphatic heterocycles. The summed E-state index contributed by atoms with van der Waals surface area (Å²) in [5, 5.41) is 14.6. The summed E-state index contributed by atoms with van der Waals surface area (Å²) < 4.78 is 0. The average molecular weight is 407 g/mol. The van der Waals surface area contributed by atoms with Crippen molar-refractivity contribution in [3.63, 3.8) is 0 Å². The van der Waals surface area contributed by atoms with E-state index < -0.39 is 4.92 Å². The van der Waals surface area contributed by atoms with Gasteiger partial charge in [0.25, 0.3) is 11.6 Å². The van der Waals surface area contributed by atoms with Crippen LogP contribution in [0.4, 0.5) is 5.69 Å². The highest BCUT2D eigenvalue weighted by atomic mass is 35.5. The van der Waals surface area contributed by atoms with Crippen LogP contribution in [-0.4, -0.2) is 17.4 Å². The maximum Gasteiger partial charge on any atom is 0.270 e. The van der Waals surface area contributed by atoms with Crippen LogP contribution in [0.15, 0.2) is 78.9 Å². The first-order valence-electron chi connectivity index (χ1n) is 9.07. The molecule has 29 heavy (non-hydrogen) atoms. The van der Waals surface area contributed by atoms with Gasteiger partial charge in [0.05, 0.1) is 4.92 Å². The molecule has 3 rings (SSSR count). The minimum absolute atomic E-state index is 0.0192. The number of nitro groups is 1. The van der Waals surface area contributed by atoms with Crippen molar-refractivity contribution in [3.8, 4) is 0 Å². The number of amides is 1. The van der Waals surface area contributed by atoms with Gasteiger partial charge in [-0.2, -0.15) is 0 Å². The molecule has 146 valence electrons. The van der Waals surface area contributed by atoms with Crippen LogP contribution in [0.25, 0.3) is 11.6 Å². The van der Waals surface area contributed by atoms with E-state index in [1.807, 2.05) is 54.6 Å². The fourth-order valence-corrected chi connectivity index (χ4v) is 2.99. The zero-order chi connectivity index (χ0) is 20.6. The summed E-state index contributed by atoms with van der Waals surface area (Å²) in [4.78, 5) is 23.5. The van der Waals surface area contributed by atoms with Crippen molar-refractivity contribution in [2.24, 2.45) is 0 Å². The largest absolute Gasteiger partial charge is 0.352 e. The number of carbonyl (C=O) groups is 1. The molecule has 0 saturated carbocycles. The van der Waals surface area contributed by atoms with Gasteiger partial charge in [0.15, 0.2) is 0 Å². The number of halogens is 1. The molecule has 0 fully saturated rings. The van der Waals surface area contributed by atoms with Crippen LogP contribution in [0.5, 0.6) is 0 Å². The number of rotatable bonds is 7. The van der Waals surface area contributed by atoms with Gasteiger partial charge in [-0.15, -0.1) is 0 Å². The lowest BCUT2D eigenvalue weighted by Gasteiger charge is -2.10. The molecule has 5 nitrogen and oxygen atoms in total. The number of carbonyl (C=O) groups excluding carboxylic acids is 1. The zero-order valence-electron chi connectivity index (χ0n) is 15.5. The molecule has 0 bridgehead atoms. The third-order valence-corrected chi connectivity index (χ3v) is 4.59. The maximum atomic E-state index is 12.9. The van der Waals surface area contributed by atoms with E-state index in [0.29, 0.717) is 29.1 Å². The Kier molecular flexibility index (Phi) is 6.76. The first kappa shape index (κ1) is 20.3. The van der Waals surface area contributed by atoms with Gasteiger partial charge in [-0.25, -0.2) is 0 Å². The molecule has 0 spiro atoms. The summed E-state index contributed by atoms with van der Waals surface area (Å²) >= 11 is 5.89. The van der Waals surface area contributed by atoms with Crippen LogP contribution < -0.4 is 5.32 Å². The van der Waals surface area contributed by atoms with Crippen LogP contribution in [0.2, 0.25) is 5.02 Å². The summed E-state index contributed by atoms with van der Waals surface area (Å²) in [6.07, 6.45) is 2.34. The van der Waals surface area contributed by atoms with Crippen molar-refractivity contribution < 1.29 is 9.72 Å². The van der Waals surface area contributed by atoms with Gasteiger partial charge in [-0.1, -0.05) is 66.2 Å². The molecular weight excluding hydrogens is 388 g/mol. The molecule has 3 aromatic rings. The predicted molar refractivity (Wildman–Crippen MR) is 116 cm³/mol. The first-order chi connectivity index (χ1) is 14.0. The Hall–Kier alpha value is -3.44. The Balaban J connectivity index is 1.80. The number of nitro benzene ring substituents is 1. The molecule has 1 N–H and O–H groups in total. The summed E-state index contributed by atoms with van der Waals surface area (Å²) in [5.41, 5.74) is 2.82. The lowest BCUT2D eigenvalue weighted by Crippen LogP contribution is -2.26. The van der Waals surface area contributed by atoms with E-state index in [1.54, 1.807) is 18.2 Å². The quantitative estimate of drug-likeness (QED) is 0.255. The molecule has 3 aromatic carbocycles. The van der Waals surface area contributed by atoms with Crippen LogP contribution in [0.3, 0.4) is 0 Å². The Morgan fingerprint density at radius 3 is 2.41 bits per heavy atom. The predicted octanol–water partition coefficient (Wildman–Crippen LogP) is 5.15. The number of nitrogens with zero attached hydrogens (tertiary/aromatic N) is 1. The lowest BCUT2D eigenvalue weighted by molar-refractivity contribution is -0.384. The molecular formula is C23H19ClN2O3. The maximum absolute atomic E-state index is 12.9. The summed E-state index contributed by atoms with van der Waals surface area (Å²) in [6.45, 7) is 0.458. The van der Waals surface area contributed by atoms with Gasteiger partial charge < -0.3 is 5.32 Å². The number of hydrogen-bond acceptors (Lipinski definition) is 3. The summed E-state index contributed by atoms with van der Waals surface area (Å²) in [5.74, 6) is -0.239. The van der Waals surface area contributed by atoms with Gasteiger partial charge in [-0.3, -0.25) is 14.9 Å². The van der Waals surface area contributed by atoms with Gasteiger partial charge in [-0.05, 0) is 41.3 Å². The third kappa shape index (κ3) is 5.77. The highest BCUT2D eigenvalue weighted by Gasteiger charge is 2.13. The van der Waals surface area contributed by atoms with Gasteiger partial charge >= 0.3 is 0 Å². The smallest absolute Gasteiger partial charge is 0.270 e. The van der Waals surface area contributed by atoms with Gasteiger partial charge in [0, 0.05) is 29.3 Å². The van der Waals surface area contributed by atoms with E-state index >= 15 is 0 Å². The first-order valence-corrected chi connectivity index (χ1v) is 9.45. The normalized spacial score (nSPS) is 11.1. The molecule has 0 heterocycles. The Morgan fingerprint density at radius 1 is 1.00 bits per heavy atom. The number of non-ortho nitro benzene ring substituents is 1. The molecule has 0 atom stereocenters. The highest BCUT2D eigenvalue weighted by Crippen LogP contribution is 2.21. The molecule has 0 aliphatic rings. The Bertz CT molecular complexity index is 1030. The molecule has 0 unspecified atom stereocenters. The minimum atomic E-state index is -0.453. The van der Waals surface area contributed by atoms with E-state index in [0.717, 1.165) is 11.1 Å². The van der Waals surface area contributed by atoms with Crippen LogP contribution in [-0.2, 0) is 11.2 Å². The average Bonchev–Trinajstić information content (AvgIpc) is 2.74. The lowest BCUT2D eigenvalue weighted by atomic mass is 10.0. The van der Waals surface area contributed by atoms with Crippen molar-refractivity contribution in [3.05, 3.63) is 111 Å². The molecule has 0 saturated heterocycles. The van der Waals surface area contributed by atoms with Crippen LogP contribution in [0.1, 0.15) is 16.7 Å². The van der Waals surface area contributed by atoms with Crippen molar-refractivity contribution in [1.29, 1.82) is 0 Å². The van der Waals surface area contributed by atoms with E-state index in [4.69, 9.17) is 11.6 Å². The molecule has 1 amide bonds. The zero-order valence-corrected chi connectivity index (χ0v) is 16.3. The molecule has 0 aliphatic carbocycles. The van der Waals surface area contributed by atoms with Crippen molar-refractivity contribution in [1.82, 2.24) is 5.32 Å². The molecule has 0 aromatic heterocycles. The van der Waals surface area contributed by atoms with Gasteiger partial charge in [0.1, 0.15) is 0 Å². The number of hydrogen-bond donors (Lipinski definition) is 1. The Labute approximate surface area is 173 Å². The summed E-state index contributed by atoms with van der Waals surface area (Å²) in [7, 11) is 0. The second kappa shape index (κ2) is 9.66. The number of benzene rings is 3. The van der Waals surface area contributed by atoms with Gasteiger partial charge in [0.2, 0.25) is 0 Å². The van der Waals surface area contributed by atoms with Crippen molar-refractivity contribution in [2.45, 2.75) is 6.42 Å². The summed E-state index contributed by atoms with van der Waals surface area (Å²) in [6, 6.07) is 22.9. The highest BCUT2D eigenvalue weighted by molar-refractivity contribution is 6.30. The fourth-order valence-electron chi connectivity index (χ4n) is 2.86. The SMILES string of the molecule is O=C(NCCc1ccc(Cl)cc1)/C(=C/c1cccc([N+](=O)[O-])c1)c1ccccc1. The molecule has 0 radical (unpaired) electrons. The fraction of sp³-hybridized carbons (Fsp3) is 0.0870. The number of nitrogens with one attached hydrogen (secondary N) is 1. The van der Waals surface area contributed by atoms with Crippen LogP contribution in [0, 0.1) is 10.1 Å². The topological polar surface area (TPSA) is 72.2 Å². The van der Waals surface area contributed by atoms with E-state index in [9.17, 15) is 14.9 Å².